The van der Waals surface area contributed by atoms with Crippen molar-refractivity contribution in [2.45, 2.75) is 51.3 Å². The molecule has 2 N–H and O–H groups in total. The van der Waals surface area contributed by atoms with E-state index < -0.39 is 35.7 Å². The maximum absolute atomic E-state index is 12.3. The summed E-state index contributed by atoms with van der Waals surface area (Å²) >= 11 is 4.05. The van der Waals surface area contributed by atoms with Gasteiger partial charge in [-0.15, -0.1) is 0 Å². The van der Waals surface area contributed by atoms with Crippen LogP contribution in [0.15, 0.2) is 0 Å². The number of hydrogen-bond acceptors (Lipinski definition) is 5. The molecule has 0 unspecified atom stereocenters. The van der Waals surface area contributed by atoms with Crippen molar-refractivity contribution in [2.24, 2.45) is 0 Å². The monoisotopic (exact) mass is 318 g/mol. The number of thiol groups is 1. The van der Waals surface area contributed by atoms with Crippen LogP contribution in [0.2, 0.25) is 0 Å². The van der Waals surface area contributed by atoms with Gasteiger partial charge in [-0.05, 0) is 33.6 Å². The summed E-state index contributed by atoms with van der Waals surface area (Å²) in [4.78, 5) is 36.4. The molecule has 21 heavy (non-hydrogen) atoms. The summed E-state index contributed by atoms with van der Waals surface area (Å²) in [7, 11) is 0. The second-order valence-electron chi connectivity index (χ2n) is 5.91. The molecule has 0 aromatic rings. The van der Waals surface area contributed by atoms with Gasteiger partial charge >= 0.3 is 12.1 Å². The van der Waals surface area contributed by atoms with Gasteiger partial charge in [0, 0.05) is 12.3 Å². The van der Waals surface area contributed by atoms with Crippen molar-refractivity contribution in [3.63, 3.8) is 0 Å². The minimum atomic E-state index is -1.03. The molecule has 1 rings (SSSR count). The van der Waals surface area contributed by atoms with E-state index in [0.717, 1.165) is 0 Å². The Morgan fingerprint density at radius 2 is 2.05 bits per heavy atom. The second-order valence-corrected chi connectivity index (χ2v) is 6.27. The molecule has 1 saturated heterocycles. The Balaban J connectivity index is 2.69. The molecule has 120 valence electrons. The molecule has 0 radical (unpaired) electrons. The van der Waals surface area contributed by atoms with E-state index in [0.29, 0.717) is 19.4 Å². The number of carboxylic acid groups (broad SMARTS) is 1. The average molecular weight is 318 g/mol. The zero-order valence-corrected chi connectivity index (χ0v) is 13.4. The Morgan fingerprint density at radius 1 is 1.43 bits per heavy atom. The number of likely N-dealkylation sites (tertiary alicyclic amines) is 1. The molecule has 1 fully saturated rings. The predicted molar refractivity (Wildman–Crippen MR) is 79.4 cm³/mol. The van der Waals surface area contributed by atoms with E-state index >= 15 is 0 Å². The predicted octanol–water partition coefficient (Wildman–Crippen LogP) is 0.885. The first kappa shape index (κ1) is 17.6. The molecule has 0 aromatic heterocycles. The largest absolute Gasteiger partial charge is 0.480 e. The molecule has 2 amide bonds. The van der Waals surface area contributed by atoms with Crippen LogP contribution in [-0.4, -0.2) is 58.0 Å². The lowest BCUT2D eigenvalue weighted by atomic mass is 10.2. The van der Waals surface area contributed by atoms with Gasteiger partial charge in [0.1, 0.15) is 17.7 Å². The summed E-state index contributed by atoms with van der Waals surface area (Å²) in [6.07, 6.45) is 0.335. The van der Waals surface area contributed by atoms with E-state index in [9.17, 15) is 14.4 Å². The minimum Gasteiger partial charge on any atom is -0.480 e. The van der Waals surface area contributed by atoms with Gasteiger partial charge in [-0.1, -0.05) is 0 Å². The first-order valence-electron chi connectivity index (χ1n) is 6.79. The number of amides is 2. The molecule has 0 aromatic carbocycles. The zero-order chi connectivity index (χ0) is 16.2. The van der Waals surface area contributed by atoms with Crippen molar-refractivity contribution in [1.82, 2.24) is 10.2 Å². The van der Waals surface area contributed by atoms with Crippen LogP contribution in [-0.2, 0) is 14.3 Å². The summed E-state index contributed by atoms with van der Waals surface area (Å²) in [5, 5.41) is 11.5. The molecule has 1 aliphatic heterocycles. The summed E-state index contributed by atoms with van der Waals surface area (Å²) in [6.45, 7) is 5.51. The fourth-order valence-corrected chi connectivity index (χ4v) is 2.37. The Bertz CT molecular complexity index is 421. The molecule has 0 spiro atoms. The maximum atomic E-state index is 12.3. The van der Waals surface area contributed by atoms with Crippen molar-refractivity contribution in [1.29, 1.82) is 0 Å². The van der Waals surface area contributed by atoms with Gasteiger partial charge in [-0.2, -0.15) is 12.6 Å². The second kappa shape index (κ2) is 7.02. The quantitative estimate of drug-likeness (QED) is 0.669. The van der Waals surface area contributed by atoms with Crippen LogP contribution in [0.1, 0.15) is 33.6 Å². The number of ether oxygens (including phenoxy) is 1. The van der Waals surface area contributed by atoms with E-state index in [-0.39, 0.29) is 5.75 Å². The number of carboxylic acids is 1. The molecule has 8 heteroatoms. The van der Waals surface area contributed by atoms with Gasteiger partial charge in [-0.3, -0.25) is 4.79 Å². The first-order valence-corrected chi connectivity index (χ1v) is 7.42. The number of nitrogens with zero attached hydrogens (tertiary/aromatic N) is 1. The number of carbonyl (C=O) groups is 3. The Kier molecular flexibility index (Phi) is 5.88. The highest BCUT2D eigenvalue weighted by Gasteiger charge is 2.37. The van der Waals surface area contributed by atoms with Crippen LogP contribution < -0.4 is 5.32 Å². The summed E-state index contributed by atoms with van der Waals surface area (Å²) in [5.74, 6) is -1.40. The molecule has 1 heterocycles. The standard InChI is InChI=1S/C13H22N2O5S/c1-13(2,3)20-12(19)14-8(7-21)10(16)15-6-4-5-9(15)11(17)18/h8-9,21H,4-7H2,1-3H3,(H,14,19)(H,17,18)/t8-,9-/m0/s1. The average Bonchev–Trinajstić information content (AvgIpc) is 2.82. The van der Waals surface area contributed by atoms with E-state index in [1.54, 1.807) is 20.8 Å². The highest BCUT2D eigenvalue weighted by molar-refractivity contribution is 7.80. The van der Waals surface area contributed by atoms with Crippen molar-refractivity contribution >= 4 is 30.6 Å². The van der Waals surface area contributed by atoms with Crippen LogP contribution >= 0.6 is 12.6 Å². The van der Waals surface area contributed by atoms with Crippen LogP contribution in [0.5, 0.6) is 0 Å². The van der Waals surface area contributed by atoms with Gasteiger partial charge in [0.15, 0.2) is 0 Å². The van der Waals surface area contributed by atoms with Crippen molar-refractivity contribution < 1.29 is 24.2 Å². The highest BCUT2D eigenvalue weighted by atomic mass is 32.1. The molecule has 2 atom stereocenters. The van der Waals surface area contributed by atoms with Crippen LogP contribution in [0.25, 0.3) is 0 Å². The van der Waals surface area contributed by atoms with Crippen molar-refractivity contribution in [2.75, 3.05) is 12.3 Å². The van der Waals surface area contributed by atoms with E-state index in [1.807, 2.05) is 0 Å². The normalized spacial score (nSPS) is 20.0. The van der Waals surface area contributed by atoms with Gasteiger partial charge in [0.2, 0.25) is 5.91 Å². The topological polar surface area (TPSA) is 95.9 Å². The van der Waals surface area contributed by atoms with E-state index in [4.69, 9.17) is 9.84 Å². The highest BCUT2D eigenvalue weighted by Crippen LogP contribution is 2.19. The lowest BCUT2D eigenvalue weighted by Gasteiger charge is -2.27. The number of hydrogen-bond donors (Lipinski definition) is 3. The molecule has 0 aliphatic carbocycles. The third-order valence-electron chi connectivity index (χ3n) is 2.99. The Labute approximate surface area is 129 Å². The van der Waals surface area contributed by atoms with Crippen molar-refractivity contribution in [3.8, 4) is 0 Å². The van der Waals surface area contributed by atoms with Gasteiger partial charge < -0.3 is 20.1 Å². The lowest BCUT2D eigenvalue weighted by Crippen LogP contribution is -2.53. The Morgan fingerprint density at radius 3 is 2.52 bits per heavy atom. The number of carbonyl (C=O) groups excluding carboxylic acids is 2. The van der Waals surface area contributed by atoms with E-state index in [2.05, 4.69) is 17.9 Å². The van der Waals surface area contributed by atoms with Gasteiger partial charge in [0.25, 0.3) is 0 Å². The van der Waals surface area contributed by atoms with Crippen LogP contribution in [0, 0.1) is 0 Å². The zero-order valence-electron chi connectivity index (χ0n) is 12.5. The number of alkyl carbamates (subject to hydrolysis) is 1. The third kappa shape index (κ3) is 5.11. The summed E-state index contributed by atoms with van der Waals surface area (Å²) in [6, 6.07) is -1.73. The summed E-state index contributed by atoms with van der Waals surface area (Å²) < 4.78 is 5.09. The third-order valence-corrected chi connectivity index (χ3v) is 3.36. The van der Waals surface area contributed by atoms with Crippen LogP contribution in [0.3, 0.4) is 0 Å². The van der Waals surface area contributed by atoms with Crippen molar-refractivity contribution in [3.05, 3.63) is 0 Å². The summed E-state index contributed by atoms with van der Waals surface area (Å²) in [5.41, 5.74) is -0.675. The lowest BCUT2D eigenvalue weighted by molar-refractivity contribution is -0.148. The van der Waals surface area contributed by atoms with Gasteiger partial charge in [0.05, 0.1) is 0 Å². The number of aliphatic carboxylic acids is 1. The molecule has 7 nitrogen and oxygen atoms in total. The fourth-order valence-electron chi connectivity index (χ4n) is 2.12. The fraction of sp³-hybridized carbons (Fsp3) is 0.769. The van der Waals surface area contributed by atoms with E-state index in [1.165, 1.54) is 4.90 Å². The molecular formula is C13H22N2O5S. The Hall–Kier alpha value is -1.44. The minimum absolute atomic E-state index is 0.0704. The first-order chi connectivity index (χ1) is 9.65. The smallest absolute Gasteiger partial charge is 0.408 e. The molecular weight excluding hydrogens is 296 g/mol. The number of nitrogens with one attached hydrogen (secondary N) is 1. The number of rotatable bonds is 4. The van der Waals surface area contributed by atoms with Gasteiger partial charge in [-0.25, -0.2) is 9.59 Å². The molecule has 1 aliphatic rings. The molecule has 0 saturated carbocycles. The SMILES string of the molecule is CC(C)(C)OC(=O)N[C@@H](CS)C(=O)N1CCC[C@H]1C(=O)O. The maximum Gasteiger partial charge on any atom is 0.408 e. The van der Waals surface area contributed by atoms with Crippen LogP contribution in [0.4, 0.5) is 4.79 Å². The molecule has 0 bridgehead atoms.